The van der Waals surface area contributed by atoms with E-state index in [4.69, 9.17) is 10.7 Å². The normalized spacial score (nSPS) is 12.9. The lowest BCUT2D eigenvalue weighted by molar-refractivity contribution is 0.0165. The molecule has 0 bridgehead atoms. The van der Waals surface area contributed by atoms with E-state index in [1.165, 1.54) is 0 Å². The predicted octanol–water partition coefficient (Wildman–Crippen LogP) is 1.52. The van der Waals surface area contributed by atoms with E-state index < -0.39 is 25.7 Å². The van der Waals surface area contributed by atoms with Gasteiger partial charge in [-0.1, -0.05) is 0 Å². The van der Waals surface area contributed by atoms with Gasteiger partial charge in [0, 0.05) is 30.0 Å². The van der Waals surface area contributed by atoms with Crippen LogP contribution in [-0.2, 0) is 15.0 Å². The van der Waals surface area contributed by atoms with Crippen LogP contribution in [0.25, 0.3) is 0 Å². The van der Waals surface area contributed by atoms with E-state index in [0.717, 1.165) is 12.4 Å². The van der Waals surface area contributed by atoms with Crippen molar-refractivity contribution >= 4 is 19.7 Å². The summed E-state index contributed by atoms with van der Waals surface area (Å²) in [6, 6.07) is 0. The Morgan fingerprint density at radius 3 is 2.07 bits per heavy atom. The molecule has 1 heterocycles. The molecule has 1 aromatic rings. The van der Waals surface area contributed by atoms with Crippen molar-refractivity contribution in [2.45, 2.75) is 18.0 Å². The van der Waals surface area contributed by atoms with Crippen LogP contribution in [0.1, 0.15) is 12.5 Å². The van der Waals surface area contributed by atoms with Gasteiger partial charge in [-0.3, -0.25) is 0 Å². The molecule has 0 fully saturated rings. The van der Waals surface area contributed by atoms with E-state index in [0.29, 0.717) is 6.92 Å². The summed E-state index contributed by atoms with van der Waals surface area (Å²) in [4.78, 5) is 6.41. The summed E-state index contributed by atoms with van der Waals surface area (Å²) >= 11 is 0. The molecule has 8 heteroatoms. The lowest BCUT2D eigenvalue weighted by atomic mass is 10.2. The van der Waals surface area contributed by atoms with Gasteiger partial charge in [0.05, 0.1) is 5.56 Å². The first-order valence-corrected chi connectivity index (χ1v) is 5.67. The molecule has 0 radical (unpaired) electrons. The highest BCUT2D eigenvalue weighted by Crippen LogP contribution is 2.25. The number of rotatable bonds is 2. The summed E-state index contributed by atoms with van der Waals surface area (Å²) in [7, 11) is 0.825. The second kappa shape index (κ2) is 3.39. The lowest BCUT2D eigenvalue weighted by Crippen LogP contribution is -2.09. The van der Waals surface area contributed by atoms with Gasteiger partial charge in [-0.25, -0.2) is 27.2 Å². The number of alkyl halides is 2. The molecule has 0 amide bonds. The fourth-order valence-electron chi connectivity index (χ4n) is 0.669. The molecular formula is C6H5ClF2N2O2S. The number of aromatic nitrogens is 2. The Labute approximate surface area is 83.4 Å². The van der Waals surface area contributed by atoms with Crippen molar-refractivity contribution < 1.29 is 17.2 Å². The molecule has 0 aliphatic carbocycles. The molecule has 0 saturated heterocycles. The van der Waals surface area contributed by atoms with Crippen molar-refractivity contribution in [2.24, 2.45) is 0 Å². The molecule has 0 N–H and O–H groups in total. The van der Waals surface area contributed by atoms with Gasteiger partial charge in [0.15, 0.2) is 0 Å². The molecular weight excluding hydrogens is 238 g/mol. The summed E-state index contributed by atoms with van der Waals surface area (Å²) in [6.07, 6.45) is 1.45. The predicted molar refractivity (Wildman–Crippen MR) is 44.6 cm³/mol. The van der Waals surface area contributed by atoms with Gasteiger partial charge in [-0.05, 0) is 0 Å². The summed E-state index contributed by atoms with van der Waals surface area (Å²) < 4.78 is 46.5. The van der Waals surface area contributed by atoms with Crippen LogP contribution in [0.4, 0.5) is 8.78 Å². The van der Waals surface area contributed by atoms with E-state index in [1.807, 2.05) is 0 Å². The maximum atomic E-state index is 12.6. The van der Waals surface area contributed by atoms with Crippen molar-refractivity contribution in [3.63, 3.8) is 0 Å². The van der Waals surface area contributed by atoms with Gasteiger partial charge in [0.2, 0.25) is 0 Å². The largest absolute Gasteiger partial charge is 0.296 e. The van der Waals surface area contributed by atoms with Gasteiger partial charge >= 0.3 is 0 Å². The number of hydrogen-bond donors (Lipinski definition) is 0. The summed E-state index contributed by atoms with van der Waals surface area (Å²) in [6.45, 7) is 0.653. The van der Waals surface area contributed by atoms with E-state index in [9.17, 15) is 17.2 Å². The highest BCUT2D eigenvalue weighted by Gasteiger charge is 2.26. The minimum absolute atomic E-state index is 0.471. The zero-order valence-electron chi connectivity index (χ0n) is 6.91. The molecule has 14 heavy (non-hydrogen) atoms. The van der Waals surface area contributed by atoms with Crippen LogP contribution in [0.3, 0.4) is 0 Å². The Morgan fingerprint density at radius 1 is 1.36 bits per heavy atom. The zero-order valence-corrected chi connectivity index (χ0v) is 8.48. The van der Waals surface area contributed by atoms with E-state index >= 15 is 0 Å². The van der Waals surface area contributed by atoms with Crippen molar-refractivity contribution in [1.29, 1.82) is 0 Å². The third kappa shape index (κ3) is 2.58. The van der Waals surface area contributed by atoms with Crippen molar-refractivity contribution in [1.82, 2.24) is 9.97 Å². The Kier molecular flexibility index (Phi) is 2.73. The van der Waals surface area contributed by atoms with Gasteiger partial charge in [0.25, 0.3) is 20.1 Å². The quantitative estimate of drug-likeness (QED) is 0.583. The average Bonchev–Trinajstić information content (AvgIpc) is 2.01. The van der Waals surface area contributed by atoms with Crippen LogP contribution in [0.15, 0.2) is 17.6 Å². The zero-order chi connectivity index (χ0) is 11.0. The van der Waals surface area contributed by atoms with Crippen LogP contribution < -0.4 is 0 Å². The van der Waals surface area contributed by atoms with E-state index in [-0.39, 0.29) is 0 Å². The highest BCUT2D eigenvalue weighted by molar-refractivity contribution is 8.13. The Morgan fingerprint density at radius 2 is 1.79 bits per heavy atom. The lowest BCUT2D eigenvalue weighted by Gasteiger charge is -2.08. The first kappa shape index (κ1) is 11.3. The maximum Gasteiger partial charge on any atom is 0.296 e. The summed E-state index contributed by atoms with van der Waals surface area (Å²) in [5.74, 6) is -3.10. The molecule has 0 spiro atoms. The van der Waals surface area contributed by atoms with Crippen molar-refractivity contribution in [3.05, 3.63) is 18.0 Å². The Hall–Kier alpha value is -0.820. The van der Waals surface area contributed by atoms with Crippen molar-refractivity contribution in [2.75, 3.05) is 0 Å². The van der Waals surface area contributed by atoms with Crippen LogP contribution in [-0.4, -0.2) is 18.4 Å². The van der Waals surface area contributed by atoms with Gasteiger partial charge in [-0.2, -0.15) is 0 Å². The highest BCUT2D eigenvalue weighted by atomic mass is 35.7. The summed E-state index contributed by atoms with van der Waals surface area (Å²) in [5, 5.41) is -0.688. The average molecular weight is 243 g/mol. The minimum Gasteiger partial charge on any atom is -0.225 e. The molecule has 0 aromatic carbocycles. The van der Waals surface area contributed by atoms with Gasteiger partial charge in [-0.15, -0.1) is 0 Å². The standard InChI is InChI=1S/C6H5ClF2N2O2S/c1-6(8,9)4-2-10-5(11-3-4)14(7,12)13/h2-3H,1H3. The van der Waals surface area contributed by atoms with E-state index in [2.05, 4.69) is 9.97 Å². The van der Waals surface area contributed by atoms with Crippen LogP contribution >= 0.6 is 10.7 Å². The smallest absolute Gasteiger partial charge is 0.225 e. The SMILES string of the molecule is CC(F)(F)c1cnc(S(=O)(=O)Cl)nc1. The molecule has 4 nitrogen and oxygen atoms in total. The second-order valence-corrected chi connectivity index (χ2v) is 5.04. The van der Waals surface area contributed by atoms with Crippen LogP contribution in [0.2, 0.25) is 0 Å². The number of nitrogens with zero attached hydrogens (tertiary/aromatic N) is 2. The third-order valence-electron chi connectivity index (χ3n) is 1.35. The van der Waals surface area contributed by atoms with E-state index in [1.54, 1.807) is 0 Å². The maximum absolute atomic E-state index is 12.6. The second-order valence-electron chi connectivity index (χ2n) is 2.58. The molecule has 78 valence electrons. The molecule has 0 unspecified atom stereocenters. The molecule has 0 saturated carbocycles. The molecule has 0 atom stereocenters. The monoisotopic (exact) mass is 242 g/mol. The number of halogens is 3. The fraction of sp³-hybridized carbons (Fsp3) is 0.333. The minimum atomic E-state index is -4.06. The Balaban J connectivity index is 3.14. The van der Waals surface area contributed by atoms with Crippen molar-refractivity contribution in [3.8, 4) is 0 Å². The molecule has 0 aliphatic rings. The van der Waals surface area contributed by atoms with Crippen LogP contribution in [0.5, 0.6) is 0 Å². The Bertz CT molecular complexity index is 426. The van der Waals surface area contributed by atoms with Gasteiger partial charge in [0.1, 0.15) is 0 Å². The van der Waals surface area contributed by atoms with Crippen LogP contribution in [0, 0.1) is 0 Å². The fourth-order valence-corrected chi connectivity index (χ4v) is 1.27. The number of hydrogen-bond acceptors (Lipinski definition) is 4. The topological polar surface area (TPSA) is 59.9 Å². The first-order chi connectivity index (χ1) is 6.21. The summed E-state index contributed by atoms with van der Waals surface area (Å²) in [5.41, 5.74) is -0.471. The molecule has 0 aliphatic heterocycles. The third-order valence-corrected chi connectivity index (χ3v) is 2.41. The first-order valence-electron chi connectivity index (χ1n) is 3.36. The molecule has 1 aromatic heterocycles. The molecule has 1 rings (SSSR count). The van der Waals surface area contributed by atoms with Gasteiger partial charge < -0.3 is 0 Å².